The van der Waals surface area contributed by atoms with Crippen molar-refractivity contribution in [3.05, 3.63) is 24.3 Å². The molecular formula is C28H54F2O4Si3. The summed E-state index contributed by atoms with van der Waals surface area (Å²) in [7, 11) is -0.333. The molecular weight excluding hydrogens is 523 g/mol. The van der Waals surface area contributed by atoms with E-state index in [2.05, 4.69) is 50.5 Å². The summed E-state index contributed by atoms with van der Waals surface area (Å²) in [6, 6.07) is 12.9. The van der Waals surface area contributed by atoms with Gasteiger partial charge in [-0.15, -0.1) is 0 Å². The highest BCUT2D eigenvalue weighted by atomic mass is 28.4. The number of halogens is 2. The van der Waals surface area contributed by atoms with Crippen LogP contribution in [0.15, 0.2) is 24.3 Å². The maximum absolute atomic E-state index is 12.8. The van der Waals surface area contributed by atoms with Crippen molar-refractivity contribution in [1.82, 2.24) is 0 Å². The van der Waals surface area contributed by atoms with E-state index in [1.54, 1.807) is 26.5 Å². The summed E-state index contributed by atoms with van der Waals surface area (Å²) in [5.41, 5.74) is 0. The van der Waals surface area contributed by atoms with E-state index in [0.29, 0.717) is 6.61 Å². The van der Waals surface area contributed by atoms with E-state index in [1.165, 1.54) is 43.3 Å². The first-order chi connectivity index (χ1) is 17.3. The van der Waals surface area contributed by atoms with Crippen molar-refractivity contribution in [3.8, 4) is 0 Å². The Labute approximate surface area is 229 Å². The highest BCUT2D eigenvalue weighted by Crippen LogP contribution is 2.21. The van der Waals surface area contributed by atoms with Crippen molar-refractivity contribution in [2.24, 2.45) is 0 Å². The highest BCUT2D eigenvalue weighted by Gasteiger charge is 2.36. The molecule has 0 N–H and O–H groups in total. The quantitative estimate of drug-likeness (QED) is 0.115. The molecule has 0 bridgehead atoms. The predicted octanol–water partition coefficient (Wildman–Crippen LogP) is 7.19. The highest BCUT2D eigenvalue weighted by molar-refractivity contribution is 6.91. The summed E-state index contributed by atoms with van der Waals surface area (Å²) in [6.07, 6.45) is 9.33. The molecule has 0 saturated heterocycles. The van der Waals surface area contributed by atoms with Crippen molar-refractivity contribution in [1.29, 1.82) is 0 Å². The molecule has 0 amide bonds. The minimum Gasteiger partial charge on any atom is -0.377 e. The van der Waals surface area contributed by atoms with Gasteiger partial charge in [-0.2, -0.15) is 0 Å². The van der Waals surface area contributed by atoms with Crippen LogP contribution in [0.25, 0.3) is 0 Å². The summed E-state index contributed by atoms with van der Waals surface area (Å²) in [5, 5.41) is 3.04. The third-order valence-electron chi connectivity index (χ3n) is 7.61. The number of unbranched alkanes of at least 4 members (excludes halogenated alkanes) is 6. The van der Waals surface area contributed by atoms with Crippen LogP contribution < -0.4 is 10.4 Å². The van der Waals surface area contributed by atoms with Crippen LogP contribution in [0.5, 0.6) is 0 Å². The maximum atomic E-state index is 12.8. The molecule has 0 aromatic heterocycles. The first-order valence-corrected chi connectivity index (χ1v) is 22.4. The number of ether oxygens (including phenoxy) is 1. The molecule has 216 valence electrons. The van der Waals surface area contributed by atoms with E-state index >= 15 is 0 Å². The van der Waals surface area contributed by atoms with Gasteiger partial charge in [0.15, 0.2) is 0 Å². The summed E-state index contributed by atoms with van der Waals surface area (Å²) in [4.78, 5) is 0. The first-order valence-electron chi connectivity index (χ1n) is 14.0. The van der Waals surface area contributed by atoms with Gasteiger partial charge in [-0.3, -0.25) is 0 Å². The Morgan fingerprint density at radius 2 is 1.00 bits per heavy atom. The molecule has 4 nitrogen and oxygen atoms in total. The third-order valence-corrected chi connectivity index (χ3v) is 17.4. The fourth-order valence-corrected chi connectivity index (χ4v) is 11.6. The number of rotatable bonds is 21. The molecule has 9 heteroatoms. The topological polar surface area (TPSA) is 36.9 Å². The first kappa shape index (κ1) is 34.6. The van der Waals surface area contributed by atoms with Gasteiger partial charge >= 0.3 is 8.80 Å². The molecule has 1 rings (SSSR count). The van der Waals surface area contributed by atoms with E-state index in [0.717, 1.165) is 38.3 Å². The molecule has 0 radical (unpaired) electrons. The second kappa shape index (κ2) is 16.6. The molecule has 0 aliphatic carbocycles. The van der Waals surface area contributed by atoms with Crippen LogP contribution in [-0.4, -0.2) is 65.4 Å². The lowest BCUT2D eigenvalue weighted by Crippen LogP contribution is -2.45. The van der Waals surface area contributed by atoms with Gasteiger partial charge in [-0.05, 0) is 12.8 Å². The average molecular weight is 577 g/mol. The molecule has 0 atom stereocenters. The van der Waals surface area contributed by atoms with E-state index in [1.807, 2.05) is 0 Å². The normalized spacial score (nSPS) is 13.4. The molecule has 1 aromatic carbocycles. The smallest absolute Gasteiger partial charge is 0.377 e. The third kappa shape index (κ3) is 13.5. The Balaban J connectivity index is 2.35. The Morgan fingerprint density at radius 1 is 0.622 bits per heavy atom. The van der Waals surface area contributed by atoms with Gasteiger partial charge in [-0.1, -0.05) is 111 Å². The maximum Gasteiger partial charge on any atom is 0.500 e. The lowest BCUT2D eigenvalue weighted by atomic mass is 10.1. The minimum atomic E-state index is -2.73. The summed E-state index contributed by atoms with van der Waals surface area (Å²) < 4.78 is 47.3. The van der Waals surface area contributed by atoms with Crippen LogP contribution in [0.2, 0.25) is 44.3 Å². The van der Waals surface area contributed by atoms with Crippen molar-refractivity contribution in [2.75, 3.05) is 34.5 Å². The molecule has 0 fully saturated rings. The second-order valence-electron chi connectivity index (χ2n) is 11.8. The van der Waals surface area contributed by atoms with Crippen molar-refractivity contribution < 1.29 is 26.8 Å². The van der Waals surface area contributed by atoms with E-state index in [-0.39, 0.29) is 0 Å². The number of benzene rings is 1. The molecule has 1 aromatic rings. The monoisotopic (exact) mass is 576 g/mol. The largest absolute Gasteiger partial charge is 0.500 e. The van der Waals surface area contributed by atoms with E-state index in [9.17, 15) is 8.78 Å². The second-order valence-corrected chi connectivity index (χ2v) is 24.6. The molecule has 0 spiro atoms. The van der Waals surface area contributed by atoms with Crippen molar-refractivity contribution in [2.45, 2.75) is 109 Å². The SMILES string of the molecule is CO[Si](CCCCCCCC[Si](C)(C)c1ccc([Si](C)(C)CCCCOCC(C)(F)F)cc1)(OC)OC. The molecule has 37 heavy (non-hydrogen) atoms. The fraction of sp³-hybridized carbons (Fsp3) is 0.786. The fourth-order valence-electron chi connectivity index (χ4n) is 4.86. The van der Waals surface area contributed by atoms with Gasteiger partial charge in [-0.25, -0.2) is 8.78 Å². The van der Waals surface area contributed by atoms with Crippen LogP contribution in [0.3, 0.4) is 0 Å². The van der Waals surface area contributed by atoms with Crippen LogP contribution in [-0.2, 0) is 18.0 Å². The van der Waals surface area contributed by atoms with Crippen LogP contribution in [0, 0.1) is 0 Å². The predicted molar refractivity (Wildman–Crippen MR) is 160 cm³/mol. The van der Waals surface area contributed by atoms with Crippen LogP contribution >= 0.6 is 0 Å². The van der Waals surface area contributed by atoms with Gasteiger partial charge in [0, 0.05) is 40.9 Å². The zero-order valence-electron chi connectivity index (χ0n) is 24.9. The standard InChI is InChI=1S/C28H54F2O4Si3/c1-28(29,30)25-34-21-13-16-23-36(7,8)27-19-17-26(18-20-27)35(5,6)22-14-11-9-10-12-15-24-37(31-2,32-3)33-4/h17-20H,9-16,21-25H2,1-8H3. The van der Waals surface area contributed by atoms with E-state index < -0.39 is 37.5 Å². The van der Waals surface area contributed by atoms with Gasteiger partial charge in [0.1, 0.15) is 6.61 Å². The number of hydrogen-bond donors (Lipinski definition) is 0. The van der Waals surface area contributed by atoms with E-state index in [4.69, 9.17) is 18.0 Å². The summed E-state index contributed by atoms with van der Waals surface area (Å²) in [5.74, 6) is -2.73. The minimum absolute atomic E-state index is 0.421. The molecule has 0 saturated carbocycles. The van der Waals surface area contributed by atoms with Crippen LogP contribution in [0.4, 0.5) is 8.78 Å². The van der Waals surface area contributed by atoms with Gasteiger partial charge in [0.25, 0.3) is 5.92 Å². The Kier molecular flexibility index (Phi) is 15.5. The summed E-state index contributed by atoms with van der Waals surface area (Å²) >= 11 is 0. The Bertz CT molecular complexity index is 728. The zero-order chi connectivity index (χ0) is 28.0. The Morgan fingerprint density at radius 3 is 1.41 bits per heavy atom. The average Bonchev–Trinajstić information content (AvgIpc) is 2.85. The molecule has 0 unspecified atom stereocenters. The van der Waals surface area contributed by atoms with Gasteiger partial charge in [0.2, 0.25) is 0 Å². The number of hydrogen-bond acceptors (Lipinski definition) is 4. The van der Waals surface area contributed by atoms with Gasteiger partial charge < -0.3 is 18.0 Å². The van der Waals surface area contributed by atoms with Crippen molar-refractivity contribution in [3.63, 3.8) is 0 Å². The molecule has 0 aliphatic rings. The molecule has 0 aliphatic heterocycles. The Hall–Kier alpha value is -0.429. The number of alkyl halides is 2. The lowest BCUT2D eigenvalue weighted by Gasteiger charge is -2.26. The van der Waals surface area contributed by atoms with Crippen molar-refractivity contribution >= 4 is 35.3 Å². The zero-order valence-corrected chi connectivity index (χ0v) is 27.9. The molecule has 0 heterocycles. The lowest BCUT2D eigenvalue weighted by molar-refractivity contribution is -0.0627. The van der Waals surface area contributed by atoms with Gasteiger partial charge in [0.05, 0.1) is 16.1 Å². The summed E-state index contributed by atoms with van der Waals surface area (Å²) in [6.45, 7) is 10.7. The van der Waals surface area contributed by atoms with Crippen LogP contribution in [0.1, 0.15) is 58.3 Å².